The van der Waals surface area contributed by atoms with E-state index in [0.717, 1.165) is 85.0 Å². The molecule has 1 aromatic heterocycles. The average Bonchev–Trinajstić information content (AvgIpc) is 3.57. The van der Waals surface area contributed by atoms with Crippen molar-refractivity contribution in [3.8, 4) is 17.2 Å². The first kappa shape index (κ1) is 27.5. The molecule has 2 aliphatic rings. The fourth-order valence-corrected chi connectivity index (χ4v) is 6.28. The topological polar surface area (TPSA) is 116 Å². The first-order chi connectivity index (χ1) is 19.0. The normalized spacial score (nSPS) is 15.3. The van der Waals surface area contributed by atoms with Gasteiger partial charge in [-0.25, -0.2) is 0 Å². The van der Waals surface area contributed by atoms with Crippen molar-refractivity contribution in [3.05, 3.63) is 51.1 Å². The van der Waals surface area contributed by atoms with Crippen LogP contribution in [0.15, 0.2) is 35.1 Å². The smallest absolute Gasteiger partial charge is 0.305 e. The standard InChI is InChI=1S/C29H38N4O5S/c34-23-8-7-21(28-27(23)32-29(36)39-28)10-13-30-14-17-33(16-12-26(35)31-22-4-2-1-3-5-22)15-11-20-6-9-24-25(18-20)38-19-37-24/h6-9,18,22,30,34H,1-5,10-17,19H2,(H,31,35)(H,32,36). The summed E-state index contributed by atoms with van der Waals surface area (Å²) in [6, 6.07) is 9.93. The lowest BCUT2D eigenvalue weighted by atomic mass is 9.95. The highest BCUT2D eigenvalue weighted by atomic mass is 32.1. The second kappa shape index (κ2) is 13.3. The first-order valence-corrected chi connectivity index (χ1v) is 14.8. The van der Waals surface area contributed by atoms with Crippen LogP contribution in [0.25, 0.3) is 10.2 Å². The molecule has 210 valence electrons. The van der Waals surface area contributed by atoms with E-state index in [1.165, 1.54) is 24.8 Å². The lowest BCUT2D eigenvalue weighted by Crippen LogP contribution is -2.40. The zero-order valence-corrected chi connectivity index (χ0v) is 23.1. The van der Waals surface area contributed by atoms with Crippen molar-refractivity contribution in [1.82, 2.24) is 20.5 Å². The summed E-state index contributed by atoms with van der Waals surface area (Å²) in [5, 5.41) is 16.8. The molecule has 0 atom stereocenters. The van der Waals surface area contributed by atoms with Crippen molar-refractivity contribution in [1.29, 1.82) is 0 Å². The van der Waals surface area contributed by atoms with Crippen molar-refractivity contribution >= 4 is 27.5 Å². The quantitative estimate of drug-likeness (QED) is 0.239. The number of phenolic OH excluding ortho intramolecular Hbond substituents is 1. The number of thiazole rings is 1. The Balaban J connectivity index is 1.11. The molecule has 2 aromatic carbocycles. The van der Waals surface area contributed by atoms with E-state index < -0.39 is 0 Å². The summed E-state index contributed by atoms with van der Waals surface area (Å²) in [6.45, 7) is 4.18. The minimum atomic E-state index is -0.161. The molecule has 1 aliphatic carbocycles. The second-order valence-corrected chi connectivity index (χ2v) is 11.4. The summed E-state index contributed by atoms with van der Waals surface area (Å²) < 4.78 is 11.8. The summed E-state index contributed by atoms with van der Waals surface area (Å²) >= 11 is 1.13. The summed E-state index contributed by atoms with van der Waals surface area (Å²) in [5.41, 5.74) is 2.74. The number of carbonyl (C=O) groups is 1. The van der Waals surface area contributed by atoms with Gasteiger partial charge in [0.1, 0.15) is 11.3 Å². The SMILES string of the molecule is O=C(CCN(CCNCCc1ccc(O)c2[nH]c(=O)sc12)CCc1ccc2c(c1)OCO2)NC1CCCCC1. The van der Waals surface area contributed by atoms with E-state index in [1.54, 1.807) is 6.07 Å². The molecular formula is C29H38N4O5S. The summed E-state index contributed by atoms with van der Waals surface area (Å²) in [6.07, 6.45) is 7.98. The Morgan fingerprint density at radius 3 is 2.74 bits per heavy atom. The number of H-pyrrole nitrogens is 1. The number of aromatic hydroxyl groups is 1. The van der Waals surface area contributed by atoms with Crippen LogP contribution in [0.5, 0.6) is 17.2 Å². The van der Waals surface area contributed by atoms with E-state index in [4.69, 9.17) is 9.47 Å². The zero-order valence-electron chi connectivity index (χ0n) is 22.3. The highest BCUT2D eigenvalue weighted by Crippen LogP contribution is 2.32. The Morgan fingerprint density at radius 2 is 1.87 bits per heavy atom. The Kier molecular flexibility index (Phi) is 9.39. The number of aromatic amines is 1. The van der Waals surface area contributed by atoms with E-state index in [0.29, 0.717) is 24.5 Å². The predicted octanol–water partition coefficient (Wildman–Crippen LogP) is 3.54. The Bertz CT molecular complexity index is 1320. The number of amides is 1. The molecule has 0 spiro atoms. The van der Waals surface area contributed by atoms with Crippen molar-refractivity contribution in [2.45, 2.75) is 57.4 Å². The van der Waals surface area contributed by atoms with Crippen LogP contribution >= 0.6 is 11.3 Å². The maximum absolute atomic E-state index is 12.7. The molecule has 0 unspecified atom stereocenters. The Labute approximate surface area is 232 Å². The van der Waals surface area contributed by atoms with E-state index in [-0.39, 0.29) is 23.3 Å². The zero-order chi connectivity index (χ0) is 27.0. The number of fused-ring (bicyclic) bond motifs is 2. The van der Waals surface area contributed by atoms with Gasteiger partial charge in [0.05, 0.1) is 4.70 Å². The number of rotatable bonds is 13. The Hall–Kier alpha value is -3.08. The fourth-order valence-electron chi connectivity index (χ4n) is 5.38. The first-order valence-electron chi connectivity index (χ1n) is 14.0. The minimum Gasteiger partial charge on any atom is -0.506 e. The van der Waals surface area contributed by atoms with Gasteiger partial charge in [-0.15, -0.1) is 0 Å². The number of ether oxygens (including phenoxy) is 2. The number of carbonyl (C=O) groups excluding carboxylic acids is 1. The van der Waals surface area contributed by atoms with Gasteiger partial charge in [-0.3, -0.25) is 9.59 Å². The number of hydrogen-bond acceptors (Lipinski definition) is 8. The number of nitrogens with one attached hydrogen (secondary N) is 3. The summed E-state index contributed by atoms with van der Waals surface area (Å²) in [4.78, 5) is 29.3. The number of phenols is 1. The summed E-state index contributed by atoms with van der Waals surface area (Å²) in [5.74, 6) is 1.83. The van der Waals surface area contributed by atoms with Crippen molar-refractivity contribution in [3.63, 3.8) is 0 Å². The van der Waals surface area contributed by atoms with Crippen LogP contribution < -0.4 is 25.0 Å². The third kappa shape index (κ3) is 7.52. The number of aromatic nitrogens is 1. The van der Waals surface area contributed by atoms with Gasteiger partial charge in [-0.1, -0.05) is 42.7 Å². The summed E-state index contributed by atoms with van der Waals surface area (Å²) in [7, 11) is 0. The maximum Gasteiger partial charge on any atom is 0.305 e. The van der Waals surface area contributed by atoms with Gasteiger partial charge in [0.2, 0.25) is 12.7 Å². The van der Waals surface area contributed by atoms with Crippen molar-refractivity contribution in [2.24, 2.45) is 0 Å². The molecular weight excluding hydrogens is 516 g/mol. The van der Waals surface area contributed by atoms with Crippen LogP contribution in [-0.2, 0) is 17.6 Å². The van der Waals surface area contributed by atoms with Crippen LogP contribution in [0, 0.1) is 0 Å². The molecule has 9 nitrogen and oxygen atoms in total. The number of hydrogen-bond donors (Lipinski definition) is 4. The van der Waals surface area contributed by atoms with Crippen molar-refractivity contribution in [2.75, 3.05) is 39.5 Å². The molecule has 3 aromatic rings. The lowest BCUT2D eigenvalue weighted by Gasteiger charge is -2.25. The molecule has 10 heteroatoms. The van der Waals surface area contributed by atoms with Crippen LogP contribution in [0.1, 0.15) is 49.7 Å². The molecule has 5 rings (SSSR count). The Morgan fingerprint density at radius 1 is 1.03 bits per heavy atom. The van der Waals surface area contributed by atoms with E-state index >= 15 is 0 Å². The molecule has 1 saturated carbocycles. The third-order valence-electron chi connectivity index (χ3n) is 7.59. The molecule has 0 saturated heterocycles. The second-order valence-electron chi connectivity index (χ2n) is 10.4. The largest absolute Gasteiger partial charge is 0.506 e. The maximum atomic E-state index is 12.7. The fraction of sp³-hybridized carbons (Fsp3) is 0.517. The molecule has 0 radical (unpaired) electrons. The van der Waals surface area contributed by atoms with Crippen molar-refractivity contribution < 1.29 is 19.4 Å². The van der Waals surface area contributed by atoms with Crippen LogP contribution in [-0.4, -0.2) is 66.5 Å². The van der Waals surface area contributed by atoms with E-state index in [9.17, 15) is 14.7 Å². The average molecular weight is 555 g/mol. The lowest BCUT2D eigenvalue weighted by molar-refractivity contribution is -0.122. The van der Waals surface area contributed by atoms with Gasteiger partial charge in [0.25, 0.3) is 0 Å². The monoisotopic (exact) mass is 554 g/mol. The van der Waals surface area contributed by atoms with Crippen LogP contribution in [0.4, 0.5) is 0 Å². The molecule has 1 fully saturated rings. The van der Waals surface area contributed by atoms with Gasteiger partial charge < -0.3 is 35.1 Å². The highest BCUT2D eigenvalue weighted by Gasteiger charge is 2.17. The number of nitrogens with zero attached hydrogens (tertiary/aromatic N) is 1. The minimum absolute atomic E-state index is 0.102. The van der Waals surface area contributed by atoms with Gasteiger partial charge >= 0.3 is 4.87 Å². The molecule has 1 aliphatic heterocycles. The van der Waals surface area contributed by atoms with Gasteiger partial charge in [-0.05, 0) is 61.6 Å². The third-order valence-corrected chi connectivity index (χ3v) is 8.55. The number of benzene rings is 2. The molecule has 4 N–H and O–H groups in total. The molecule has 1 amide bonds. The molecule has 2 heterocycles. The van der Waals surface area contributed by atoms with Crippen LogP contribution in [0.3, 0.4) is 0 Å². The predicted molar refractivity (Wildman–Crippen MR) is 153 cm³/mol. The van der Waals surface area contributed by atoms with Gasteiger partial charge in [0.15, 0.2) is 11.5 Å². The molecule has 0 bridgehead atoms. The van der Waals surface area contributed by atoms with Crippen LogP contribution in [0.2, 0.25) is 0 Å². The van der Waals surface area contributed by atoms with E-state index in [2.05, 4.69) is 26.6 Å². The van der Waals surface area contributed by atoms with Gasteiger partial charge in [-0.2, -0.15) is 0 Å². The molecule has 39 heavy (non-hydrogen) atoms. The van der Waals surface area contributed by atoms with Gasteiger partial charge in [0, 0.05) is 38.6 Å². The van der Waals surface area contributed by atoms with E-state index in [1.807, 2.05) is 18.2 Å². The highest BCUT2D eigenvalue weighted by molar-refractivity contribution is 7.16.